The molecular weight excluding hydrogens is 354 g/mol. The second kappa shape index (κ2) is 7.49. The van der Waals surface area contributed by atoms with Crippen LogP contribution in [0.2, 0.25) is 0 Å². The lowest BCUT2D eigenvalue weighted by Gasteiger charge is -2.25. The molecule has 2 amide bonds. The van der Waals surface area contributed by atoms with Crippen molar-refractivity contribution < 1.29 is 31.4 Å². The number of amides is 2. The van der Waals surface area contributed by atoms with Gasteiger partial charge in [0.25, 0.3) is 11.3 Å². The highest BCUT2D eigenvalue weighted by molar-refractivity contribution is 7.89. The van der Waals surface area contributed by atoms with Crippen LogP contribution in [-0.2, 0) is 21.3 Å². The maximum atomic E-state index is 12.0. The van der Waals surface area contributed by atoms with Crippen LogP contribution in [0.15, 0.2) is 6.07 Å². The van der Waals surface area contributed by atoms with Gasteiger partial charge >= 0.3 is 6.03 Å². The molecule has 0 aliphatic carbocycles. The van der Waals surface area contributed by atoms with Crippen LogP contribution in [0.3, 0.4) is 0 Å². The van der Waals surface area contributed by atoms with Gasteiger partial charge in [0, 0.05) is 7.05 Å². The van der Waals surface area contributed by atoms with Gasteiger partial charge in [0.15, 0.2) is 0 Å². The van der Waals surface area contributed by atoms with Crippen LogP contribution in [0, 0.1) is 0 Å². The lowest BCUT2D eigenvalue weighted by Crippen LogP contribution is -2.49. The standard InChI is InChI=1S/C9H15N5O7S2/c1-13(23(4,18)19)14(22(16)17)9(15)12-8-10-6(20-2)5-7(11-8)21-3/h5H,1-4H3,(H,16,17)(H,10,11,12,15). The number of aromatic nitrogens is 2. The second-order valence-corrected chi connectivity index (χ2v) is 6.71. The SMILES string of the molecule is COc1cc(OC)nc(NC(=O)N(N(C)S(C)(=O)=O)S(=O)O)n1. The first-order valence-corrected chi connectivity index (χ1v) is 8.64. The summed E-state index contributed by atoms with van der Waals surface area (Å²) in [5, 5.41) is 2.07. The van der Waals surface area contributed by atoms with E-state index in [1.807, 2.05) is 0 Å². The van der Waals surface area contributed by atoms with E-state index < -0.39 is 27.3 Å². The Bertz CT molecular complexity index is 688. The number of nitrogens with zero attached hydrogens (tertiary/aromatic N) is 4. The summed E-state index contributed by atoms with van der Waals surface area (Å²) in [5.41, 5.74) is 0. The number of anilines is 1. The number of hydrogen-bond donors (Lipinski definition) is 2. The Morgan fingerprint density at radius 1 is 1.30 bits per heavy atom. The lowest BCUT2D eigenvalue weighted by molar-refractivity contribution is 0.186. The van der Waals surface area contributed by atoms with Crippen molar-refractivity contribution in [3.8, 4) is 11.8 Å². The van der Waals surface area contributed by atoms with Gasteiger partial charge in [0.1, 0.15) is 0 Å². The average molecular weight is 369 g/mol. The van der Waals surface area contributed by atoms with E-state index in [0.717, 1.165) is 13.3 Å². The molecule has 0 aliphatic heterocycles. The van der Waals surface area contributed by atoms with Crippen molar-refractivity contribution in [1.29, 1.82) is 0 Å². The Hall–Kier alpha value is -2.03. The van der Waals surface area contributed by atoms with E-state index in [2.05, 4.69) is 15.3 Å². The summed E-state index contributed by atoms with van der Waals surface area (Å²) in [5.74, 6) is -0.205. The molecule has 1 rings (SSSR count). The van der Waals surface area contributed by atoms with Gasteiger partial charge in [0.05, 0.1) is 26.5 Å². The topological polar surface area (TPSA) is 151 Å². The van der Waals surface area contributed by atoms with Crippen LogP contribution in [0.25, 0.3) is 0 Å². The van der Waals surface area contributed by atoms with Crippen molar-refractivity contribution in [2.45, 2.75) is 0 Å². The van der Waals surface area contributed by atoms with Crippen molar-refractivity contribution in [2.24, 2.45) is 0 Å². The Labute approximate surface area is 134 Å². The third-order valence-electron chi connectivity index (χ3n) is 2.37. The molecule has 1 unspecified atom stereocenters. The third kappa shape index (κ3) is 4.98. The molecule has 0 spiro atoms. The maximum Gasteiger partial charge on any atom is 0.353 e. The molecule has 0 saturated heterocycles. The zero-order valence-electron chi connectivity index (χ0n) is 12.6. The molecule has 0 aliphatic rings. The third-order valence-corrected chi connectivity index (χ3v) is 4.31. The monoisotopic (exact) mass is 369 g/mol. The molecular formula is C9H15N5O7S2. The zero-order valence-corrected chi connectivity index (χ0v) is 14.2. The predicted octanol–water partition coefficient (Wildman–Crippen LogP) is -0.729. The number of sulfonamides is 1. The molecule has 12 nitrogen and oxygen atoms in total. The fourth-order valence-electron chi connectivity index (χ4n) is 1.24. The van der Waals surface area contributed by atoms with E-state index in [-0.39, 0.29) is 22.1 Å². The van der Waals surface area contributed by atoms with Gasteiger partial charge in [-0.05, 0) is 0 Å². The van der Waals surface area contributed by atoms with Crippen LogP contribution < -0.4 is 14.8 Å². The van der Waals surface area contributed by atoms with Gasteiger partial charge in [-0.2, -0.15) is 9.97 Å². The lowest BCUT2D eigenvalue weighted by atomic mass is 10.6. The molecule has 1 aromatic rings. The van der Waals surface area contributed by atoms with Crippen molar-refractivity contribution >= 4 is 33.3 Å². The molecule has 23 heavy (non-hydrogen) atoms. The summed E-state index contributed by atoms with van der Waals surface area (Å²) < 4.78 is 53.3. The van der Waals surface area contributed by atoms with Crippen LogP contribution in [0.1, 0.15) is 0 Å². The molecule has 0 fully saturated rings. The van der Waals surface area contributed by atoms with Gasteiger partial charge < -0.3 is 9.47 Å². The van der Waals surface area contributed by atoms with Gasteiger partial charge in [-0.3, -0.25) is 9.87 Å². The number of nitrogens with one attached hydrogen (secondary N) is 1. The maximum absolute atomic E-state index is 12.0. The number of ether oxygens (including phenoxy) is 2. The summed E-state index contributed by atoms with van der Waals surface area (Å²) in [6.07, 6.45) is 0.755. The number of hydrazine groups is 1. The molecule has 2 N–H and O–H groups in total. The summed E-state index contributed by atoms with van der Waals surface area (Å²) >= 11 is -2.95. The molecule has 1 aromatic heterocycles. The number of carbonyl (C=O) groups is 1. The fraction of sp³-hybridized carbons (Fsp3) is 0.444. The number of carbonyl (C=O) groups excluding carboxylic acids is 1. The summed E-state index contributed by atoms with van der Waals surface area (Å²) in [4.78, 5) is 19.6. The minimum Gasteiger partial charge on any atom is -0.481 e. The van der Waals surface area contributed by atoms with Crippen LogP contribution in [0.5, 0.6) is 11.8 Å². The Kier molecular flexibility index (Phi) is 6.20. The molecule has 130 valence electrons. The van der Waals surface area contributed by atoms with Crippen molar-refractivity contribution in [1.82, 2.24) is 18.8 Å². The molecule has 14 heteroatoms. The van der Waals surface area contributed by atoms with E-state index in [1.165, 1.54) is 20.3 Å². The van der Waals surface area contributed by atoms with Crippen LogP contribution in [0.4, 0.5) is 10.7 Å². The van der Waals surface area contributed by atoms with Gasteiger partial charge in [-0.15, -0.1) is 4.41 Å². The summed E-state index contributed by atoms with van der Waals surface area (Å²) in [6, 6.07) is 0.0781. The number of urea groups is 1. The first-order valence-electron chi connectivity index (χ1n) is 5.73. The van der Waals surface area contributed by atoms with Gasteiger partial charge in [0.2, 0.25) is 27.7 Å². The highest BCUT2D eigenvalue weighted by Crippen LogP contribution is 2.18. The highest BCUT2D eigenvalue weighted by Gasteiger charge is 2.30. The minimum atomic E-state index is -3.95. The Morgan fingerprint density at radius 3 is 2.13 bits per heavy atom. The van der Waals surface area contributed by atoms with E-state index in [0.29, 0.717) is 4.41 Å². The molecule has 0 bridgehead atoms. The molecule has 1 atom stereocenters. The van der Waals surface area contributed by atoms with Crippen molar-refractivity contribution in [3.05, 3.63) is 6.07 Å². The zero-order chi connectivity index (χ0) is 17.8. The molecule has 0 saturated carbocycles. The minimum absolute atomic E-state index is 0.0558. The normalized spacial score (nSPS) is 12.6. The fourth-order valence-corrected chi connectivity index (χ4v) is 2.51. The first-order chi connectivity index (χ1) is 10.6. The van der Waals surface area contributed by atoms with E-state index in [1.54, 1.807) is 0 Å². The van der Waals surface area contributed by atoms with Crippen LogP contribution >= 0.6 is 0 Å². The van der Waals surface area contributed by atoms with Gasteiger partial charge in [-0.25, -0.2) is 17.4 Å². The number of rotatable bonds is 6. The van der Waals surface area contributed by atoms with E-state index >= 15 is 0 Å². The Morgan fingerprint density at radius 2 is 1.78 bits per heavy atom. The predicted molar refractivity (Wildman–Crippen MR) is 79.4 cm³/mol. The molecule has 0 radical (unpaired) electrons. The average Bonchev–Trinajstić information content (AvgIpc) is 2.45. The smallest absolute Gasteiger partial charge is 0.353 e. The number of methoxy groups -OCH3 is 2. The highest BCUT2D eigenvalue weighted by atomic mass is 32.2. The number of hydrogen-bond acceptors (Lipinski definition) is 8. The van der Waals surface area contributed by atoms with Gasteiger partial charge in [-0.1, -0.05) is 4.41 Å². The van der Waals surface area contributed by atoms with Crippen LogP contribution in [-0.4, -0.2) is 69.5 Å². The van der Waals surface area contributed by atoms with Crippen molar-refractivity contribution in [2.75, 3.05) is 32.8 Å². The van der Waals surface area contributed by atoms with E-state index in [9.17, 15) is 17.4 Å². The second-order valence-electron chi connectivity index (χ2n) is 3.91. The summed E-state index contributed by atoms with van der Waals surface area (Å²) in [7, 11) is -0.390. The molecule has 0 aromatic carbocycles. The Balaban J connectivity index is 3.11. The van der Waals surface area contributed by atoms with E-state index in [4.69, 9.17) is 14.0 Å². The largest absolute Gasteiger partial charge is 0.481 e. The quantitative estimate of drug-likeness (QED) is 0.488. The van der Waals surface area contributed by atoms with Crippen molar-refractivity contribution in [3.63, 3.8) is 0 Å². The summed E-state index contributed by atoms with van der Waals surface area (Å²) in [6.45, 7) is 0. The molecule has 1 heterocycles. The first kappa shape index (κ1) is 19.0.